The fourth-order valence-corrected chi connectivity index (χ4v) is 3.42. The number of nitrogens with one attached hydrogen (secondary N) is 2. The molecule has 0 spiro atoms. The Morgan fingerprint density at radius 1 is 1.29 bits per heavy atom. The quantitative estimate of drug-likeness (QED) is 0.832. The van der Waals surface area contributed by atoms with Gasteiger partial charge in [-0.2, -0.15) is 0 Å². The molecule has 3 rings (SSSR count). The van der Waals surface area contributed by atoms with E-state index < -0.39 is 0 Å². The summed E-state index contributed by atoms with van der Waals surface area (Å²) in [7, 11) is 0. The molecule has 0 radical (unpaired) electrons. The van der Waals surface area contributed by atoms with E-state index in [1.807, 2.05) is 17.5 Å². The topological polar surface area (TPSA) is 44.4 Å². The fraction of sp³-hybridized carbons (Fsp3) is 0.312. The molecular weight excluding hydrogens is 282 g/mol. The Balaban J connectivity index is 1.95. The van der Waals surface area contributed by atoms with Crippen LogP contribution in [-0.2, 0) is 0 Å². The molecule has 1 aromatic heterocycles. The Kier molecular flexibility index (Phi) is 4.22. The van der Waals surface area contributed by atoms with Crippen LogP contribution in [0.3, 0.4) is 0 Å². The van der Waals surface area contributed by atoms with Crippen LogP contribution in [0.2, 0.25) is 0 Å². The van der Waals surface area contributed by atoms with Gasteiger partial charge in [-0.1, -0.05) is 12.7 Å². The van der Waals surface area contributed by atoms with Gasteiger partial charge in [0.05, 0.1) is 4.88 Å². The molecule has 5 heteroatoms. The van der Waals surface area contributed by atoms with E-state index in [2.05, 4.69) is 34.3 Å². The van der Waals surface area contributed by atoms with Crippen molar-refractivity contribution in [3.8, 4) is 0 Å². The van der Waals surface area contributed by atoms with E-state index in [9.17, 15) is 4.79 Å². The van der Waals surface area contributed by atoms with Gasteiger partial charge in [0.1, 0.15) is 0 Å². The summed E-state index contributed by atoms with van der Waals surface area (Å²) >= 11 is 1.46. The Hall–Kier alpha value is -1.85. The lowest BCUT2D eigenvalue weighted by atomic mass is 10.1. The molecule has 0 saturated carbocycles. The molecule has 0 unspecified atom stereocenters. The predicted molar refractivity (Wildman–Crippen MR) is 87.4 cm³/mol. The number of carbonyl (C=O) groups excluding carboxylic acids is 1. The van der Waals surface area contributed by atoms with E-state index >= 15 is 0 Å². The average Bonchev–Trinajstić information content (AvgIpc) is 3.00. The summed E-state index contributed by atoms with van der Waals surface area (Å²) in [6, 6.07) is 1.97. The molecule has 3 heterocycles. The van der Waals surface area contributed by atoms with Crippen LogP contribution < -0.4 is 10.6 Å². The highest BCUT2D eigenvalue weighted by atomic mass is 32.1. The molecule has 2 N–H and O–H groups in total. The largest absolute Gasteiger partial charge is 0.369 e. The second-order valence-corrected chi connectivity index (χ2v) is 6.02. The van der Waals surface area contributed by atoms with Crippen molar-refractivity contribution in [3.05, 3.63) is 52.4 Å². The third kappa shape index (κ3) is 3.09. The lowest BCUT2D eigenvalue weighted by Gasteiger charge is -2.30. The molecule has 2 aliphatic rings. The van der Waals surface area contributed by atoms with Gasteiger partial charge in [-0.25, -0.2) is 0 Å². The summed E-state index contributed by atoms with van der Waals surface area (Å²) in [5, 5.41) is 8.23. The molecule has 1 fully saturated rings. The maximum Gasteiger partial charge on any atom is 0.262 e. The van der Waals surface area contributed by atoms with E-state index in [1.54, 1.807) is 0 Å². The van der Waals surface area contributed by atoms with Crippen LogP contribution in [0.1, 0.15) is 15.2 Å². The Labute approximate surface area is 128 Å². The van der Waals surface area contributed by atoms with Crippen molar-refractivity contribution >= 4 is 22.8 Å². The molecule has 1 amide bonds. The van der Waals surface area contributed by atoms with Crippen molar-refractivity contribution in [3.63, 3.8) is 0 Å². The molecule has 0 bridgehead atoms. The molecule has 0 aliphatic carbocycles. The molecule has 110 valence electrons. The standard InChI is InChI=1S/C16H19N3OS/c1-12-11-13(19-8-6-17-7-9-19)3-2-5-18-16(20)15-14(12)4-10-21-15/h2-4,10-11,17H,1,5-9H2,(H,18,20)/b3-2-,13-11+. The first-order valence-electron chi connectivity index (χ1n) is 7.14. The van der Waals surface area contributed by atoms with Gasteiger partial charge in [-0.15, -0.1) is 11.3 Å². The molecule has 1 aromatic rings. The fourth-order valence-electron chi connectivity index (χ4n) is 2.57. The molecule has 2 aliphatic heterocycles. The molecule has 0 atom stereocenters. The van der Waals surface area contributed by atoms with Crippen LogP contribution in [-0.4, -0.2) is 43.5 Å². The third-order valence-electron chi connectivity index (χ3n) is 3.69. The van der Waals surface area contributed by atoms with Gasteiger partial charge in [-0.3, -0.25) is 4.79 Å². The monoisotopic (exact) mass is 301 g/mol. The molecule has 0 aromatic carbocycles. The summed E-state index contributed by atoms with van der Waals surface area (Å²) in [6.07, 6.45) is 6.16. The van der Waals surface area contributed by atoms with E-state index in [1.165, 1.54) is 11.3 Å². The SMILES string of the molecule is C=C1/C=C(N2CCNCC2)\C=C/CNC(=O)c2sccc21. The highest BCUT2D eigenvalue weighted by Crippen LogP contribution is 2.26. The van der Waals surface area contributed by atoms with E-state index in [4.69, 9.17) is 0 Å². The average molecular weight is 301 g/mol. The first-order valence-corrected chi connectivity index (χ1v) is 8.02. The van der Waals surface area contributed by atoms with Gasteiger partial charge in [0.15, 0.2) is 0 Å². The number of thiophene rings is 1. The smallest absolute Gasteiger partial charge is 0.262 e. The maximum atomic E-state index is 12.1. The highest BCUT2D eigenvalue weighted by molar-refractivity contribution is 7.12. The Morgan fingerprint density at radius 3 is 2.90 bits per heavy atom. The van der Waals surface area contributed by atoms with Gasteiger partial charge in [0.25, 0.3) is 5.91 Å². The molecule has 1 saturated heterocycles. The van der Waals surface area contributed by atoms with Crippen molar-refractivity contribution in [1.82, 2.24) is 15.5 Å². The zero-order valence-corrected chi connectivity index (χ0v) is 12.7. The second kappa shape index (κ2) is 6.28. The highest BCUT2D eigenvalue weighted by Gasteiger charge is 2.17. The maximum absolute atomic E-state index is 12.1. The van der Waals surface area contributed by atoms with E-state index in [0.29, 0.717) is 6.54 Å². The number of hydrogen-bond donors (Lipinski definition) is 2. The number of hydrogen-bond acceptors (Lipinski definition) is 4. The van der Waals surface area contributed by atoms with Crippen molar-refractivity contribution in [2.75, 3.05) is 32.7 Å². The van der Waals surface area contributed by atoms with Gasteiger partial charge in [0, 0.05) is 44.0 Å². The summed E-state index contributed by atoms with van der Waals surface area (Å²) < 4.78 is 0. The van der Waals surface area contributed by atoms with Crippen LogP contribution in [0.4, 0.5) is 0 Å². The predicted octanol–water partition coefficient (Wildman–Crippen LogP) is 1.85. The molecule has 21 heavy (non-hydrogen) atoms. The van der Waals surface area contributed by atoms with Crippen molar-refractivity contribution in [1.29, 1.82) is 0 Å². The Bertz CT molecular complexity index is 609. The Morgan fingerprint density at radius 2 is 2.10 bits per heavy atom. The van der Waals surface area contributed by atoms with Crippen LogP contribution in [0, 0.1) is 0 Å². The number of amides is 1. The summed E-state index contributed by atoms with van der Waals surface area (Å²) in [5.41, 5.74) is 2.98. The minimum absolute atomic E-state index is 0.0233. The number of nitrogens with zero attached hydrogens (tertiary/aromatic N) is 1. The van der Waals surface area contributed by atoms with E-state index in [-0.39, 0.29) is 5.91 Å². The van der Waals surface area contributed by atoms with Gasteiger partial charge in [-0.05, 0) is 29.2 Å². The molecule has 4 nitrogen and oxygen atoms in total. The summed E-state index contributed by atoms with van der Waals surface area (Å²) in [6.45, 7) is 8.68. The van der Waals surface area contributed by atoms with Gasteiger partial charge < -0.3 is 15.5 Å². The van der Waals surface area contributed by atoms with Crippen LogP contribution >= 0.6 is 11.3 Å². The van der Waals surface area contributed by atoms with E-state index in [0.717, 1.165) is 47.9 Å². The van der Waals surface area contributed by atoms with Gasteiger partial charge >= 0.3 is 0 Å². The zero-order chi connectivity index (χ0) is 14.7. The number of carbonyl (C=O) groups is 1. The number of fused-ring (bicyclic) bond motifs is 1. The lowest BCUT2D eigenvalue weighted by Crippen LogP contribution is -2.42. The molecular formula is C16H19N3OS. The summed E-state index contributed by atoms with van der Waals surface area (Å²) in [4.78, 5) is 15.2. The summed E-state index contributed by atoms with van der Waals surface area (Å²) in [5.74, 6) is -0.0233. The minimum Gasteiger partial charge on any atom is -0.369 e. The second-order valence-electron chi connectivity index (χ2n) is 5.11. The van der Waals surface area contributed by atoms with Crippen molar-refractivity contribution in [2.45, 2.75) is 0 Å². The third-order valence-corrected chi connectivity index (χ3v) is 4.60. The normalized spacial score (nSPS) is 23.8. The van der Waals surface area contributed by atoms with Gasteiger partial charge in [0.2, 0.25) is 0 Å². The lowest BCUT2D eigenvalue weighted by molar-refractivity contribution is 0.0962. The first-order chi connectivity index (χ1) is 10.3. The zero-order valence-electron chi connectivity index (χ0n) is 11.9. The van der Waals surface area contributed by atoms with Crippen molar-refractivity contribution < 1.29 is 4.79 Å². The number of allylic oxidation sites excluding steroid dienone is 3. The number of piperazine rings is 1. The first kappa shape index (κ1) is 14.1. The number of rotatable bonds is 1. The van der Waals surface area contributed by atoms with Crippen LogP contribution in [0.15, 0.2) is 42.0 Å². The van der Waals surface area contributed by atoms with Crippen LogP contribution in [0.25, 0.3) is 5.57 Å². The van der Waals surface area contributed by atoms with Crippen LogP contribution in [0.5, 0.6) is 0 Å². The minimum atomic E-state index is -0.0233. The van der Waals surface area contributed by atoms with Crippen molar-refractivity contribution in [2.24, 2.45) is 0 Å².